The van der Waals surface area contributed by atoms with Crippen LogP contribution in [0, 0.1) is 0 Å². The molecule has 0 aliphatic heterocycles. The molecule has 0 heterocycles. The van der Waals surface area contributed by atoms with Gasteiger partial charge < -0.3 is 19.3 Å². The number of hydrogen-bond donors (Lipinski definition) is 0. The summed E-state index contributed by atoms with van der Waals surface area (Å²) in [7, 11) is 7.67. The van der Waals surface area contributed by atoms with Gasteiger partial charge in [-0.3, -0.25) is 0 Å². The van der Waals surface area contributed by atoms with E-state index in [1.807, 2.05) is 38.0 Å². The first-order valence-electron chi connectivity index (χ1n) is 4.61. The average Bonchev–Trinajstić information content (AvgIpc) is 2.02. The number of likely N-dealkylation sites (N-methyl/N-ethyl adjacent to an activating group) is 2. The maximum atomic E-state index is 10.9. The molecule has 16 heavy (non-hydrogen) atoms. The summed E-state index contributed by atoms with van der Waals surface area (Å²) in [6.45, 7) is 2.16. The first-order valence-corrected chi connectivity index (χ1v) is 4.61. The molecule has 0 amide bonds. The van der Waals surface area contributed by atoms with E-state index in [1.165, 1.54) is 0 Å². The highest BCUT2D eigenvalue weighted by atomic mass is 35.5. The summed E-state index contributed by atoms with van der Waals surface area (Å²) < 4.78 is 9.63. The molecule has 0 saturated carbocycles. The normalized spacial score (nSPS) is 9.38. The zero-order valence-corrected chi connectivity index (χ0v) is 11.9. The Hall–Kier alpha value is -0.230. The third-order valence-corrected chi connectivity index (χ3v) is 1.52. The molecular weight excluding hydrogens is 255 g/mol. The van der Waals surface area contributed by atoms with Crippen LogP contribution in [0.1, 0.15) is 0 Å². The minimum absolute atomic E-state index is 0. The van der Waals surface area contributed by atoms with E-state index in [1.54, 1.807) is 0 Å². The minimum Gasteiger partial charge on any atom is -0.433 e. The number of halogens is 2. The van der Waals surface area contributed by atoms with E-state index in [2.05, 4.69) is 0 Å². The molecule has 7 heteroatoms. The summed E-state index contributed by atoms with van der Waals surface area (Å²) in [5.74, 6) is 0. The average molecular weight is 277 g/mol. The van der Waals surface area contributed by atoms with Gasteiger partial charge in [-0.2, -0.15) is 0 Å². The first-order chi connectivity index (χ1) is 6.52. The second-order valence-corrected chi connectivity index (χ2v) is 3.55. The molecule has 5 nitrogen and oxygen atoms in total. The Morgan fingerprint density at radius 1 is 0.875 bits per heavy atom. The topological polar surface area (TPSA) is 42.0 Å². The molecule has 0 atom stereocenters. The van der Waals surface area contributed by atoms with Crippen LogP contribution in [0.3, 0.4) is 0 Å². The van der Waals surface area contributed by atoms with E-state index in [9.17, 15) is 4.79 Å². The minimum atomic E-state index is -0.589. The van der Waals surface area contributed by atoms with Gasteiger partial charge in [0.25, 0.3) is 0 Å². The van der Waals surface area contributed by atoms with Crippen molar-refractivity contribution in [2.45, 2.75) is 0 Å². The lowest BCUT2D eigenvalue weighted by Gasteiger charge is -2.11. The van der Waals surface area contributed by atoms with Crippen LogP contribution in [-0.4, -0.2) is 70.4 Å². The summed E-state index contributed by atoms with van der Waals surface area (Å²) in [6, 6.07) is 0. The number of carbonyl (C=O) groups is 1. The zero-order valence-electron chi connectivity index (χ0n) is 10.3. The lowest BCUT2D eigenvalue weighted by Crippen LogP contribution is -2.23. The summed E-state index contributed by atoms with van der Waals surface area (Å²) in [5.41, 5.74) is 0. The lowest BCUT2D eigenvalue weighted by atomic mass is 10.6. The van der Waals surface area contributed by atoms with Gasteiger partial charge in [0.1, 0.15) is 13.2 Å². The van der Waals surface area contributed by atoms with Crippen molar-refractivity contribution in [1.82, 2.24) is 9.80 Å². The maximum Gasteiger partial charge on any atom is 0.508 e. The molecule has 0 rings (SSSR count). The van der Waals surface area contributed by atoms with E-state index in [0.717, 1.165) is 0 Å². The molecule has 0 spiro atoms. The molecular formula is C9H22Cl2N2O3. The van der Waals surface area contributed by atoms with Gasteiger partial charge in [-0.1, -0.05) is 0 Å². The van der Waals surface area contributed by atoms with Crippen LogP contribution in [0.2, 0.25) is 0 Å². The van der Waals surface area contributed by atoms with E-state index in [-0.39, 0.29) is 24.8 Å². The number of hydrogen-bond acceptors (Lipinski definition) is 5. The van der Waals surface area contributed by atoms with Crippen molar-refractivity contribution in [1.29, 1.82) is 0 Å². The molecule has 0 aromatic heterocycles. The van der Waals surface area contributed by atoms with Crippen LogP contribution in [0.4, 0.5) is 4.79 Å². The largest absolute Gasteiger partial charge is 0.508 e. The maximum absolute atomic E-state index is 10.9. The van der Waals surface area contributed by atoms with E-state index in [4.69, 9.17) is 9.47 Å². The predicted octanol–water partition coefficient (Wildman–Crippen LogP) is 1.11. The van der Waals surface area contributed by atoms with Crippen molar-refractivity contribution in [3.05, 3.63) is 0 Å². The lowest BCUT2D eigenvalue weighted by molar-refractivity contribution is 0.0476. The van der Waals surface area contributed by atoms with Crippen molar-refractivity contribution in [2.75, 3.05) is 54.5 Å². The van der Waals surface area contributed by atoms with Gasteiger partial charge in [0.2, 0.25) is 0 Å². The van der Waals surface area contributed by atoms with Crippen molar-refractivity contribution < 1.29 is 14.3 Å². The van der Waals surface area contributed by atoms with E-state index < -0.39 is 6.16 Å². The highest BCUT2D eigenvalue weighted by molar-refractivity contribution is 5.85. The van der Waals surface area contributed by atoms with Crippen molar-refractivity contribution in [3.8, 4) is 0 Å². The Labute approximate surface area is 110 Å². The van der Waals surface area contributed by atoms with Crippen molar-refractivity contribution >= 4 is 31.0 Å². The molecule has 100 valence electrons. The predicted molar refractivity (Wildman–Crippen MR) is 68.9 cm³/mol. The van der Waals surface area contributed by atoms with Crippen LogP contribution in [0.15, 0.2) is 0 Å². The second-order valence-electron chi connectivity index (χ2n) is 3.55. The summed E-state index contributed by atoms with van der Waals surface area (Å²) >= 11 is 0. The molecule has 0 aliphatic carbocycles. The monoisotopic (exact) mass is 276 g/mol. The van der Waals surface area contributed by atoms with Gasteiger partial charge in [0.15, 0.2) is 0 Å². The SMILES string of the molecule is CN(C)CCOC(=O)OCCN(C)C.Cl.Cl. The molecule has 0 N–H and O–H groups in total. The van der Waals surface area contributed by atoms with Crippen LogP contribution in [-0.2, 0) is 9.47 Å². The molecule has 0 aliphatic rings. The fourth-order valence-electron chi connectivity index (χ4n) is 0.665. The van der Waals surface area contributed by atoms with Gasteiger partial charge in [0.05, 0.1) is 0 Å². The van der Waals surface area contributed by atoms with Gasteiger partial charge in [-0.25, -0.2) is 4.79 Å². The molecule has 0 aromatic rings. The molecule has 0 bridgehead atoms. The standard InChI is InChI=1S/C9H20N2O3.2ClH/c1-10(2)5-7-13-9(12)14-8-6-11(3)4;;/h5-8H2,1-4H3;2*1H. The van der Waals surface area contributed by atoms with Crippen LogP contribution < -0.4 is 0 Å². The quantitative estimate of drug-likeness (QED) is 0.680. The molecule has 0 saturated heterocycles. The highest BCUT2D eigenvalue weighted by Crippen LogP contribution is 1.87. The van der Waals surface area contributed by atoms with Gasteiger partial charge >= 0.3 is 6.16 Å². The first kappa shape index (κ1) is 21.1. The Morgan fingerprint density at radius 3 is 1.44 bits per heavy atom. The Balaban J connectivity index is -0.000000845. The molecule has 0 aromatic carbocycles. The van der Waals surface area contributed by atoms with Crippen LogP contribution in [0.5, 0.6) is 0 Å². The van der Waals surface area contributed by atoms with Crippen molar-refractivity contribution in [3.63, 3.8) is 0 Å². The molecule has 0 fully saturated rings. The molecule has 0 radical (unpaired) electrons. The van der Waals surface area contributed by atoms with Gasteiger partial charge in [-0.05, 0) is 28.2 Å². The third kappa shape index (κ3) is 16.2. The number of rotatable bonds is 6. The number of nitrogens with zero attached hydrogens (tertiary/aromatic N) is 2. The van der Waals surface area contributed by atoms with Gasteiger partial charge in [0, 0.05) is 13.1 Å². The fraction of sp³-hybridized carbons (Fsp3) is 0.889. The summed E-state index contributed by atoms with van der Waals surface area (Å²) in [4.78, 5) is 14.8. The smallest absolute Gasteiger partial charge is 0.433 e. The second kappa shape index (κ2) is 12.8. The Morgan fingerprint density at radius 2 is 1.19 bits per heavy atom. The van der Waals surface area contributed by atoms with E-state index in [0.29, 0.717) is 26.3 Å². The van der Waals surface area contributed by atoms with Crippen LogP contribution >= 0.6 is 24.8 Å². The molecule has 0 unspecified atom stereocenters. The highest BCUT2D eigenvalue weighted by Gasteiger charge is 2.03. The summed E-state index contributed by atoms with van der Waals surface area (Å²) in [5, 5.41) is 0. The third-order valence-electron chi connectivity index (χ3n) is 1.52. The summed E-state index contributed by atoms with van der Waals surface area (Å²) in [6.07, 6.45) is -0.589. The number of ether oxygens (including phenoxy) is 2. The van der Waals surface area contributed by atoms with Crippen LogP contribution in [0.25, 0.3) is 0 Å². The zero-order chi connectivity index (χ0) is 11.0. The Kier molecular flexibility index (Phi) is 16.9. The van der Waals surface area contributed by atoms with Gasteiger partial charge in [-0.15, -0.1) is 24.8 Å². The number of carbonyl (C=O) groups excluding carboxylic acids is 1. The van der Waals surface area contributed by atoms with Crippen molar-refractivity contribution in [2.24, 2.45) is 0 Å². The fourth-order valence-corrected chi connectivity index (χ4v) is 0.665. The Bertz CT molecular complexity index is 153. The van der Waals surface area contributed by atoms with E-state index >= 15 is 0 Å².